The van der Waals surface area contributed by atoms with Crippen molar-refractivity contribution in [3.05, 3.63) is 86.5 Å². The molecule has 3 aromatic carbocycles. The molecule has 0 N–H and O–H groups in total. The van der Waals surface area contributed by atoms with E-state index in [1.807, 2.05) is 0 Å². The first kappa shape index (κ1) is 23.7. The fraction of sp³-hybridized carbons (Fsp3) is 0.321. The van der Waals surface area contributed by atoms with Crippen LogP contribution < -0.4 is 13.2 Å². The molecule has 0 radical (unpaired) electrons. The Labute approximate surface area is 196 Å². The van der Waals surface area contributed by atoms with Gasteiger partial charge in [-0.1, -0.05) is 0 Å². The van der Waals surface area contributed by atoms with Crippen LogP contribution in [0.25, 0.3) is 0 Å². The van der Waals surface area contributed by atoms with Gasteiger partial charge in [0.05, 0.1) is 0 Å². The molecule has 0 atom stereocenters. The van der Waals surface area contributed by atoms with Gasteiger partial charge in [-0.25, -0.2) is 0 Å². The summed E-state index contributed by atoms with van der Waals surface area (Å²) < 4.78 is 9.46. The van der Waals surface area contributed by atoms with Crippen LogP contribution in [0.1, 0.15) is 50.1 Å². The molecule has 0 aliphatic heterocycles. The average molecular weight is 488 g/mol. The molecule has 160 valence electrons. The van der Waals surface area contributed by atoms with Gasteiger partial charge in [-0.05, 0) is 0 Å². The van der Waals surface area contributed by atoms with Crippen LogP contribution in [0.3, 0.4) is 0 Å². The Morgan fingerprint density at radius 3 is 0.935 bits per heavy atom. The van der Waals surface area contributed by atoms with Crippen molar-refractivity contribution in [3.63, 3.8) is 0 Å². The minimum absolute atomic E-state index is 1.29. The van der Waals surface area contributed by atoms with Crippen LogP contribution in [0.5, 0.6) is 0 Å². The fourth-order valence-electron chi connectivity index (χ4n) is 5.86. The van der Waals surface area contributed by atoms with E-state index in [1.165, 1.54) is 63.3 Å². The normalized spacial score (nSPS) is 11.4. The number of benzene rings is 3. The van der Waals surface area contributed by atoms with Crippen molar-refractivity contribution in [3.8, 4) is 0 Å². The molecule has 0 unspecified atom stereocenters. The standard InChI is InChI=1S/C28H33GeNS/c1-17-10-20(4)26(21(5)11-17)29(30-16-31,27-22(6)12-18(2)13-23(27)7)28-24(8)14-19(3)15-25(28)9/h10-15H,1-9H3. The summed E-state index contributed by atoms with van der Waals surface area (Å²) in [6.45, 7) is 20.0. The second-order valence-electron chi connectivity index (χ2n) is 9.23. The van der Waals surface area contributed by atoms with Gasteiger partial charge in [-0.2, -0.15) is 0 Å². The van der Waals surface area contributed by atoms with Crippen molar-refractivity contribution in [2.24, 2.45) is 3.95 Å². The van der Waals surface area contributed by atoms with Gasteiger partial charge in [0.25, 0.3) is 0 Å². The molecular weight excluding hydrogens is 455 g/mol. The number of rotatable bonds is 4. The van der Waals surface area contributed by atoms with Gasteiger partial charge in [0.1, 0.15) is 0 Å². The molecular formula is C28H33GeNS. The number of nitrogens with zero attached hydrogens (tertiary/aromatic N) is 1. The first-order chi connectivity index (χ1) is 14.5. The summed E-state index contributed by atoms with van der Waals surface area (Å²) in [7, 11) is 0. The number of hydrogen-bond acceptors (Lipinski definition) is 2. The molecule has 3 rings (SSSR count). The van der Waals surface area contributed by atoms with Gasteiger partial charge in [0.15, 0.2) is 0 Å². The summed E-state index contributed by atoms with van der Waals surface area (Å²) in [6.07, 6.45) is 0. The van der Waals surface area contributed by atoms with E-state index in [-0.39, 0.29) is 0 Å². The summed E-state index contributed by atoms with van der Waals surface area (Å²) in [5.41, 5.74) is 11.7. The van der Waals surface area contributed by atoms with Gasteiger partial charge in [0, 0.05) is 0 Å². The van der Waals surface area contributed by atoms with E-state index in [9.17, 15) is 0 Å². The van der Waals surface area contributed by atoms with E-state index < -0.39 is 13.5 Å². The first-order valence-corrected chi connectivity index (χ1v) is 15.4. The van der Waals surface area contributed by atoms with Crippen LogP contribution in [-0.2, 0) is 0 Å². The van der Waals surface area contributed by atoms with Crippen molar-refractivity contribution < 1.29 is 0 Å². The molecule has 0 spiro atoms. The molecule has 0 saturated heterocycles. The van der Waals surface area contributed by atoms with Crippen molar-refractivity contribution >= 4 is 44.1 Å². The van der Waals surface area contributed by atoms with E-state index in [4.69, 9.17) is 16.2 Å². The van der Waals surface area contributed by atoms with Gasteiger partial charge < -0.3 is 0 Å². The summed E-state index contributed by atoms with van der Waals surface area (Å²) in [4.78, 5) is 0. The zero-order valence-electron chi connectivity index (χ0n) is 20.3. The average Bonchev–Trinajstić information content (AvgIpc) is 2.58. The molecule has 0 amide bonds. The van der Waals surface area contributed by atoms with Crippen LogP contribution in [0.4, 0.5) is 0 Å². The zero-order valence-corrected chi connectivity index (χ0v) is 23.2. The molecule has 0 aliphatic carbocycles. The monoisotopic (exact) mass is 489 g/mol. The molecule has 3 heteroatoms. The topological polar surface area (TPSA) is 12.4 Å². The molecule has 0 heterocycles. The Hall–Kier alpha value is -2.00. The van der Waals surface area contributed by atoms with Crippen molar-refractivity contribution in [2.75, 3.05) is 0 Å². The third kappa shape index (κ3) is 4.09. The fourth-order valence-corrected chi connectivity index (χ4v) is 17.2. The summed E-state index contributed by atoms with van der Waals surface area (Å²) in [5, 5.41) is 2.90. The quantitative estimate of drug-likeness (QED) is 0.267. The van der Waals surface area contributed by atoms with Crippen molar-refractivity contribution in [1.82, 2.24) is 0 Å². The first-order valence-electron chi connectivity index (χ1n) is 10.9. The van der Waals surface area contributed by atoms with Crippen LogP contribution >= 0.6 is 12.2 Å². The molecule has 0 aromatic heterocycles. The van der Waals surface area contributed by atoms with Gasteiger partial charge in [0.2, 0.25) is 0 Å². The van der Waals surface area contributed by atoms with Gasteiger partial charge in [-0.15, -0.1) is 0 Å². The van der Waals surface area contributed by atoms with Crippen LogP contribution in [-0.4, -0.2) is 18.6 Å². The molecule has 3 aromatic rings. The van der Waals surface area contributed by atoms with E-state index in [0.717, 1.165) is 0 Å². The van der Waals surface area contributed by atoms with Crippen LogP contribution in [0.15, 0.2) is 40.3 Å². The summed E-state index contributed by atoms with van der Waals surface area (Å²) in [5.74, 6) is 0. The minimum atomic E-state index is -3.59. The van der Waals surface area contributed by atoms with Gasteiger partial charge >= 0.3 is 197 Å². The second kappa shape index (κ2) is 8.86. The predicted molar refractivity (Wildman–Crippen MR) is 142 cm³/mol. The summed E-state index contributed by atoms with van der Waals surface area (Å²) >= 11 is 1.78. The van der Waals surface area contributed by atoms with E-state index in [1.54, 1.807) is 0 Å². The maximum atomic E-state index is 5.37. The number of hydrogen-bond donors (Lipinski definition) is 0. The molecule has 0 bridgehead atoms. The molecule has 0 fully saturated rings. The van der Waals surface area contributed by atoms with E-state index in [2.05, 4.69) is 104 Å². The Kier molecular flexibility index (Phi) is 6.76. The Bertz CT molecular complexity index is 1020. The third-order valence-electron chi connectivity index (χ3n) is 6.33. The number of isothiocyanates is 1. The molecule has 0 aliphatic rings. The van der Waals surface area contributed by atoms with E-state index in [0.29, 0.717) is 0 Å². The van der Waals surface area contributed by atoms with Gasteiger partial charge in [-0.3, -0.25) is 0 Å². The summed E-state index contributed by atoms with van der Waals surface area (Å²) in [6, 6.07) is 13.8. The second-order valence-corrected chi connectivity index (χ2v) is 16.0. The van der Waals surface area contributed by atoms with Crippen LogP contribution in [0.2, 0.25) is 0 Å². The van der Waals surface area contributed by atoms with Crippen LogP contribution in [0, 0.1) is 62.3 Å². The molecule has 0 saturated carbocycles. The SMILES string of the molecule is Cc1cc(C)[c]([Ge]([N]=C=S)([c]2c(C)cc(C)cc2C)[c]2c(C)cc(C)cc2C)c(C)c1. The molecule has 31 heavy (non-hydrogen) atoms. The number of aryl methyl sites for hydroxylation is 9. The maximum absolute atomic E-state index is 5.37. The Balaban J connectivity index is 2.68. The van der Waals surface area contributed by atoms with Crippen molar-refractivity contribution in [2.45, 2.75) is 62.3 Å². The predicted octanol–water partition coefficient (Wildman–Crippen LogP) is 5.53. The zero-order chi connectivity index (χ0) is 23.1. The number of thiocarbonyl (C=S) groups is 1. The molecule has 1 nitrogen and oxygen atoms in total. The Morgan fingerprint density at radius 1 is 0.516 bits per heavy atom. The van der Waals surface area contributed by atoms with Crippen molar-refractivity contribution in [1.29, 1.82) is 0 Å². The van der Waals surface area contributed by atoms with E-state index >= 15 is 0 Å². The Morgan fingerprint density at radius 2 is 0.742 bits per heavy atom. The third-order valence-corrected chi connectivity index (χ3v) is 17.2.